The third-order valence-corrected chi connectivity index (χ3v) is 5.22. The van der Waals surface area contributed by atoms with E-state index < -0.39 is 9.84 Å². The van der Waals surface area contributed by atoms with Crippen molar-refractivity contribution in [2.45, 2.75) is 12.8 Å². The van der Waals surface area contributed by atoms with Crippen molar-refractivity contribution in [2.24, 2.45) is 5.92 Å². The molecule has 1 atom stereocenters. The van der Waals surface area contributed by atoms with Crippen LogP contribution in [-0.2, 0) is 21.1 Å². The summed E-state index contributed by atoms with van der Waals surface area (Å²) in [5.41, 5.74) is 0.925. The van der Waals surface area contributed by atoms with E-state index in [-0.39, 0.29) is 23.2 Å². The van der Waals surface area contributed by atoms with Gasteiger partial charge in [0, 0.05) is 16.8 Å². The Morgan fingerprint density at radius 3 is 2.76 bits per heavy atom. The number of carbonyl (C=O) groups excluding carboxylic acids is 1. The number of hydrogen-bond acceptors (Lipinski definition) is 3. The number of rotatable bonds is 3. The second-order valence-electron chi connectivity index (χ2n) is 4.37. The minimum atomic E-state index is -2.97. The fraction of sp³-hybridized carbons (Fsp3) is 0.417. The SMILES string of the molecule is O=C(Cc1cccc(Br)c1)C1CCS(=O)(=O)C1. The molecule has 0 saturated carbocycles. The molecule has 0 aliphatic carbocycles. The highest BCUT2D eigenvalue weighted by atomic mass is 79.9. The van der Waals surface area contributed by atoms with Gasteiger partial charge in [0.25, 0.3) is 0 Å². The Hall–Kier alpha value is -0.680. The predicted octanol–water partition coefficient (Wildman–Crippen LogP) is 2.00. The summed E-state index contributed by atoms with van der Waals surface area (Å²) in [6.07, 6.45) is 0.800. The van der Waals surface area contributed by atoms with Crippen LogP contribution in [0.2, 0.25) is 0 Å². The van der Waals surface area contributed by atoms with Gasteiger partial charge in [-0.15, -0.1) is 0 Å². The lowest BCUT2D eigenvalue weighted by molar-refractivity contribution is -0.121. The van der Waals surface area contributed by atoms with Crippen LogP contribution in [0.15, 0.2) is 28.7 Å². The monoisotopic (exact) mass is 316 g/mol. The highest BCUT2D eigenvalue weighted by Crippen LogP contribution is 2.21. The van der Waals surface area contributed by atoms with E-state index in [0.717, 1.165) is 10.0 Å². The Bertz CT molecular complexity index is 536. The molecule has 1 fully saturated rings. The van der Waals surface area contributed by atoms with Gasteiger partial charge in [-0.2, -0.15) is 0 Å². The Balaban J connectivity index is 2.03. The van der Waals surface area contributed by atoms with Crippen LogP contribution in [0.4, 0.5) is 0 Å². The van der Waals surface area contributed by atoms with Crippen LogP contribution in [0.1, 0.15) is 12.0 Å². The van der Waals surface area contributed by atoms with Crippen molar-refractivity contribution in [3.63, 3.8) is 0 Å². The zero-order chi connectivity index (χ0) is 12.5. The smallest absolute Gasteiger partial charge is 0.151 e. The van der Waals surface area contributed by atoms with E-state index >= 15 is 0 Å². The first kappa shape index (κ1) is 12.8. The molecule has 17 heavy (non-hydrogen) atoms. The zero-order valence-corrected chi connectivity index (χ0v) is 11.6. The normalized spacial score (nSPS) is 22.5. The van der Waals surface area contributed by atoms with Crippen molar-refractivity contribution >= 4 is 31.6 Å². The van der Waals surface area contributed by atoms with Crippen LogP contribution in [0.25, 0.3) is 0 Å². The summed E-state index contributed by atoms with van der Waals surface area (Å²) in [6.45, 7) is 0. The van der Waals surface area contributed by atoms with Crippen molar-refractivity contribution < 1.29 is 13.2 Å². The molecule has 1 unspecified atom stereocenters. The fourth-order valence-corrected chi connectivity index (χ4v) is 4.26. The van der Waals surface area contributed by atoms with Crippen molar-refractivity contribution in [2.75, 3.05) is 11.5 Å². The molecule has 0 N–H and O–H groups in total. The standard InChI is InChI=1S/C12H13BrO3S/c13-11-3-1-2-9(6-11)7-12(14)10-4-5-17(15,16)8-10/h1-3,6,10H,4-5,7-8H2. The molecule has 1 aromatic carbocycles. The van der Waals surface area contributed by atoms with E-state index in [2.05, 4.69) is 15.9 Å². The maximum absolute atomic E-state index is 11.9. The Kier molecular flexibility index (Phi) is 3.68. The van der Waals surface area contributed by atoms with Gasteiger partial charge in [0.1, 0.15) is 5.78 Å². The Labute approximate surface area is 109 Å². The minimum Gasteiger partial charge on any atom is -0.299 e. The van der Waals surface area contributed by atoms with E-state index in [1.807, 2.05) is 24.3 Å². The zero-order valence-electron chi connectivity index (χ0n) is 9.23. The summed E-state index contributed by atoms with van der Waals surface area (Å²) in [5.74, 6) is -0.0926. The summed E-state index contributed by atoms with van der Waals surface area (Å²) < 4.78 is 23.5. The molecule has 1 aliphatic rings. The molecule has 0 radical (unpaired) electrons. The summed E-state index contributed by atoms with van der Waals surface area (Å²) in [6, 6.07) is 7.54. The van der Waals surface area contributed by atoms with E-state index in [4.69, 9.17) is 0 Å². The van der Waals surface area contributed by atoms with Gasteiger partial charge in [-0.25, -0.2) is 8.42 Å². The van der Waals surface area contributed by atoms with E-state index in [1.165, 1.54) is 0 Å². The summed E-state index contributed by atoms with van der Waals surface area (Å²) >= 11 is 3.35. The van der Waals surface area contributed by atoms with E-state index in [0.29, 0.717) is 12.8 Å². The number of ketones is 1. The predicted molar refractivity (Wildman–Crippen MR) is 69.6 cm³/mol. The summed E-state index contributed by atoms with van der Waals surface area (Å²) in [5, 5.41) is 0. The molecule has 1 saturated heterocycles. The number of halogens is 1. The van der Waals surface area contributed by atoms with Crippen molar-refractivity contribution in [1.82, 2.24) is 0 Å². The van der Waals surface area contributed by atoms with Crippen molar-refractivity contribution in [3.8, 4) is 0 Å². The second-order valence-corrected chi connectivity index (χ2v) is 7.52. The number of sulfone groups is 1. The first-order chi connectivity index (χ1) is 7.96. The van der Waals surface area contributed by atoms with Crippen molar-refractivity contribution in [1.29, 1.82) is 0 Å². The van der Waals surface area contributed by atoms with Crippen LogP contribution in [-0.4, -0.2) is 25.7 Å². The lowest BCUT2D eigenvalue weighted by atomic mass is 9.97. The number of hydrogen-bond donors (Lipinski definition) is 0. The van der Waals surface area contributed by atoms with Gasteiger partial charge in [-0.05, 0) is 24.1 Å². The third kappa shape index (κ3) is 3.39. The van der Waals surface area contributed by atoms with Crippen LogP contribution in [0, 0.1) is 5.92 Å². The first-order valence-electron chi connectivity index (χ1n) is 5.44. The van der Waals surface area contributed by atoms with Gasteiger partial charge in [-0.1, -0.05) is 28.1 Å². The fourth-order valence-electron chi connectivity index (χ4n) is 2.04. The molecule has 0 amide bonds. The largest absolute Gasteiger partial charge is 0.299 e. The molecular weight excluding hydrogens is 304 g/mol. The molecule has 0 aromatic heterocycles. The highest BCUT2D eigenvalue weighted by molar-refractivity contribution is 9.10. The van der Waals surface area contributed by atoms with Gasteiger partial charge >= 0.3 is 0 Å². The molecule has 1 aliphatic heterocycles. The lowest BCUT2D eigenvalue weighted by Gasteiger charge is -2.06. The van der Waals surface area contributed by atoms with Crippen LogP contribution in [0.3, 0.4) is 0 Å². The summed E-state index contributed by atoms with van der Waals surface area (Å²) in [4.78, 5) is 11.9. The summed E-state index contributed by atoms with van der Waals surface area (Å²) in [7, 11) is -2.97. The maximum atomic E-state index is 11.9. The van der Waals surface area contributed by atoms with Gasteiger partial charge < -0.3 is 0 Å². The van der Waals surface area contributed by atoms with Gasteiger partial charge in [0.15, 0.2) is 9.84 Å². The number of benzene rings is 1. The maximum Gasteiger partial charge on any atom is 0.151 e. The van der Waals surface area contributed by atoms with Crippen LogP contribution < -0.4 is 0 Å². The topological polar surface area (TPSA) is 51.2 Å². The minimum absolute atomic E-state index is 0.0276. The van der Waals surface area contributed by atoms with Crippen LogP contribution >= 0.6 is 15.9 Å². The average Bonchev–Trinajstić information content (AvgIpc) is 2.59. The van der Waals surface area contributed by atoms with E-state index in [9.17, 15) is 13.2 Å². The Morgan fingerprint density at radius 2 is 2.18 bits per heavy atom. The quantitative estimate of drug-likeness (QED) is 0.857. The molecule has 1 aromatic rings. The molecule has 0 spiro atoms. The van der Waals surface area contributed by atoms with Crippen molar-refractivity contribution in [3.05, 3.63) is 34.3 Å². The molecule has 0 bridgehead atoms. The van der Waals surface area contributed by atoms with Crippen LogP contribution in [0.5, 0.6) is 0 Å². The van der Waals surface area contributed by atoms with Gasteiger partial charge in [-0.3, -0.25) is 4.79 Å². The Morgan fingerprint density at radius 1 is 1.41 bits per heavy atom. The van der Waals surface area contributed by atoms with Gasteiger partial charge in [0.2, 0.25) is 0 Å². The third-order valence-electron chi connectivity index (χ3n) is 2.96. The molecule has 2 rings (SSSR count). The molecule has 1 heterocycles. The lowest BCUT2D eigenvalue weighted by Crippen LogP contribution is -2.18. The number of carbonyl (C=O) groups is 1. The van der Waals surface area contributed by atoms with Gasteiger partial charge in [0.05, 0.1) is 11.5 Å². The van der Waals surface area contributed by atoms with E-state index in [1.54, 1.807) is 0 Å². The first-order valence-corrected chi connectivity index (χ1v) is 8.05. The molecule has 5 heteroatoms. The molecular formula is C12H13BrO3S. The average molecular weight is 317 g/mol. The second kappa shape index (κ2) is 4.90. The molecule has 3 nitrogen and oxygen atoms in total. The number of Topliss-reactive ketones (excluding diaryl/α,β-unsaturated/α-hetero) is 1. The molecule has 92 valence electrons. The highest BCUT2D eigenvalue weighted by Gasteiger charge is 2.32.